The van der Waals surface area contributed by atoms with Crippen LogP contribution in [0.5, 0.6) is 5.75 Å². The van der Waals surface area contributed by atoms with Crippen molar-refractivity contribution in [1.29, 1.82) is 0 Å². The Labute approximate surface area is 193 Å². The summed E-state index contributed by atoms with van der Waals surface area (Å²) < 4.78 is 13.8. The minimum atomic E-state index is -0.0265. The number of hydrogen-bond acceptors (Lipinski definition) is 8. The Hall–Kier alpha value is -2.88. The molecular weight excluding hydrogens is 420 g/mol. The molecule has 2 saturated heterocycles. The average molecular weight is 453 g/mol. The monoisotopic (exact) mass is 452 g/mol. The van der Waals surface area contributed by atoms with Gasteiger partial charge in [0.2, 0.25) is 5.95 Å². The Kier molecular flexibility index (Phi) is 6.61. The van der Waals surface area contributed by atoms with Gasteiger partial charge in [-0.1, -0.05) is 0 Å². The molecule has 3 aromatic rings. The lowest BCUT2D eigenvalue weighted by Gasteiger charge is -2.35. The maximum absolute atomic E-state index is 9.28. The number of nitrogens with one attached hydrogen (secondary N) is 1. The number of rotatable bonds is 8. The molecule has 1 unspecified atom stereocenters. The number of piperazine rings is 1. The third kappa shape index (κ3) is 5.05. The molecule has 2 aliphatic rings. The zero-order chi connectivity index (χ0) is 22.6. The number of nitrogens with zero attached hydrogens (tertiary/aromatic N) is 5. The minimum absolute atomic E-state index is 0.0265. The summed E-state index contributed by atoms with van der Waals surface area (Å²) in [5, 5.41) is 13.6. The average Bonchev–Trinajstić information content (AvgIpc) is 3.49. The number of hydrogen-bond donors (Lipinski definition) is 2. The van der Waals surface area contributed by atoms with Gasteiger partial charge >= 0.3 is 0 Å². The van der Waals surface area contributed by atoms with Crippen molar-refractivity contribution >= 4 is 28.4 Å². The first-order valence-corrected chi connectivity index (χ1v) is 11.7. The summed E-state index contributed by atoms with van der Waals surface area (Å²) in [5.41, 5.74) is 2.79. The zero-order valence-corrected chi connectivity index (χ0v) is 19.1. The van der Waals surface area contributed by atoms with Crippen LogP contribution in [0.4, 0.5) is 17.3 Å². The molecule has 9 nitrogen and oxygen atoms in total. The van der Waals surface area contributed by atoms with Crippen molar-refractivity contribution in [2.45, 2.75) is 25.5 Å². The fourth-order valence-corrected chi connectivity index (χ4v) is 4.49. The highest BCUT2D eigenvalue weighted by molar-refractivity contribution is 5.77. The summed E-state index contributed by atoms with van der Waals surface area (Å²) in [6.07, 6.45) is 6.36. The van der Waals surface area contributed by atoms with Crippen molar-refractivity contribution in [1.82, 2.24) is 19.4 Å². The van der Waals surface area contributed by atoms with Crippen LogP contribution in [0, 0.1) is 0 Å². The highest BCUT2D eigenvalue weighted by Gasteiger charge is 2.19. The smallest absolute Gasteiger partial charge is 0.229 e. The van der Waals surface area contributed by atoms with Gasteiger partial charge in [0, 0.05) is 62.3 Å². The van der Waals surface area contributed by atoms with Gasteiger partial charge in [0.1, 0.15) is 18.0 Å². The van der Waals surface area contributed by atoms with Crippen LogP contribution in [0.25, 0.3) is 11.0 Å². The van der Waals surface area contributed by atoms with E-state index in [0.717, 1.165) is 80.3 Å². The van der Waals surface area contributed by atoms with Crippen molar-refractivity contribution in [2.24, 2.45) is 0 Å². The topological polar surface area (TPSA) is 87.9 Å². The van der Waals surface area contributed by atoms with Gasteiger partial charge in [-0.25, -0.2) is 4.98 Å². The minimum Gasteiger partial charge on any atom is -0.489 e. The third-order valence-electron chi connectivity index (χ3n) is 6.34. The van der Waals surface area contributed by atoms with Gasteiger partial charge < -0.3 is 34.3 Å². The molecule has 2 aliphatic heterocycles. The number of fused-ring (bicyclic) bond motifs is 1. The van der Waals surface area contributed by atoms with E-state index in [4.69, 9.17) is 14.5 Å². The first kappa shape index (κ1) is 21.9. The molecule has 0 amide bonds. The summed E-state index contributed by atoms with van der Waals surface area (Å²) in [5.74, 6) is 1.29. The van der Waals surface area contributed by atoms with Gasteiger partial charge in [-0.2, -0.15) is 4.98 Å². The number of ether oxygens (including phenoxy) is 2. The van der Waals surface area contributed by atoms with E-state index < -0.39 is 0 Å². The Balaban J connectivity index is 1.36. The number of benzene rings is 1. The zero-order valence-electron chi connectivity index (χ0n) is 19.1. The van der Waals surface area contributed by atoms with Gasteiger partial charge in [-0.05, 0) is 38.1 Å². The molecule has 0 aliphatic carbocycles. The molecule has 2 aromatic heterocycles. The molecular formula is C24H32N6O3. The molecule has 0 bridgehead atoms. The van der Waals surface area contributed by atoms with Gasteiger partial charge in [0.25, 0.3) is 0 Å². The fourth-order valence-electron chi connectivity index (χ4n) is 4.49. The van der Waals surface area contributed by atoms with E-state index in [2.05, 4.69) is 44.0 Å². The SMILES string of the molecule is CN1CCN(c2ccc(Nc3ncc4ccn(CC5CCCO5)c4n3)cc2OCCO)CC1. The molecule has 0 saturated carbocycles. The van der Waals surface area contributed by atoms with Gasteiger partial charge in [-0.15, -0.1) is 0 Å². The maximum Gasteiger partial charge on any atom is 0.229 e. The summed E-state index contributed by atoms with van der Waals surface area (Å²) in [4.78, 5) is 13.9. The summed E-state index contributed by atoms with van der Waals surface area (Å²) in [6, 6.07) is 8.10. The molecule has 176 valence electrons. The molecule has 2 N–H and O–H groups in total. The van der Waals surface area contributed by atoms with Gasteiger partial charge in [0.05, 0.1) is 24.9 Å². The Morgan fingerprint density at radius 2 is 2.09 bits per heavy atom. The number of aromatic nitrogens is 3. The molecule has 0 spiro atoms. The maximum atomic E-state index is 9.28. The summed E-state index contributed by atoms with van der Waals surface area (Å²) >= 11 is 0. The van der Waals surface area contributed by atoms with E-state index >= 15 is 0 Å². The first-order chi connectivity index (χ1) is 16.2. The quantitative estimate of drug-likeness (QED) is 0.539. The van der Waals surface area contributed by atoms with E-state index in [1.807, 2.05) is 24.4 Å². The fraction of sp³-hybridized carbons (Fsp3) is 0.500. The van der Waals surface area contributed by atoms with Gasteiger partial charge in [0.15, 0.2) is 0 Å². The van der Waals surface area contributed by atoms with Crippen LogP contribution in [0.1, 0.15) is 12.8 Å². The Morgan fingerprint density at radius 3 is 2.88 bits per heavy atom. The van der Waals surface area contributed by atoms with Crippen molar-refractivity contribution in [2.75, 3.05) is 63.3 Å². The van der Waals surface area contributed by atoms with E-state index in [0.29, 0.717) is 5.95 Å². The molecule has 9 heteroatoms. The Bertz CT molecular complexity index is 1070. The van der Waals surface area contributed by atoms with E-state index in [-0.39, 0.29) is 19.3 Å². The number of likely N-dealkylation sites (N-methyl/N-ethyl adjacent to an activating group) is 1. The summed E-state index contributed by atoms with van der Waals surface area (Å²) in [6.45, 7) is 5.79. The molecule has 1 aromatic carbocycles. The van der Waals surface area contributed by atoms with Crippen LogP contribution < -0.4 is 15.0 Å². The summed E-state index contributed by atoms with van der Waals surface area (Å²) in [7, 11) is 2.14. The van der Waals surface area contributed by atoms with Crippen molar-refractivity contribution in [3.63, 3.8) is 0 Å². The number of aliphatic hydroxyl groups excluding tert-OH is 1. The second-order valence-electron chi connectivity index (χ2n) is 8.75. The Morgan fingerprint density at radius 1 is 1.21 bits per heavy atom. The molecule has 2 fully saturated rings. The largest absolute Gasteiger partial charge is 0.489 e. The highest BCUT2D eigenvalue weighted by atomic mass is 16.5. The molecule has 0 radical (unpaired) electrons. The highest BCUT2D eigenvalue weighted by Crippen LogP contribution is 2.33. The van der Waals surface area contributed by atoms with Crippen LogP contribution in [0.15, 0.2) is 36.7 Å². The van der Waals surface area contributed by atoms with E-state index in [1.54, 1.807) is 0 Å². The van der Waals surface area contributed by atoms with E-state index in [1.165, 1.54) is 0 Å². The van der Waals surface area contributed by atoms with Crippen LogP contribution >= 0.6 is 0 Å². The second-order valence-corrected chi connectivity index (χ2v) is 8.75. The van der Waals surface area contributed by atoms with Crippen LogP contribution in [0.2, 0.25) is 0 Å². The van der Waals surface area contributed by atoms with Crippen LogP contribution in [-0.2, 0) is 11.3 Å². The number of aliphatic hydroxyl groups is 1. The standard InChI is InChI=1S/C24H32N6O3/c1-28-8-10-29(11-9-28)21-5-4-19(15-22(21)33-14-12-31)26-24-25-16-18-6-7-30(23(18)27-24)17-20-3-2-13-32-20/h4-7,15-16,20,31H,2-3,8-14,17H2,1H3,(H,25,26,27). The van der Waals surface area contributed by atoms with E-state index in [9.17, 15) is 5.11 Å². The van der Waals surface area contributed by atoms with Crippen molar-refractivity contribution in [3.05, 3.63) is 36.7 Å². The molecule has 4 heterocycles. The van der Waals surface area contributed by atoms with Crippen molar-refractivity contribution in [3.8, 4) is 5.75 Å². The van der Waals surface area contributed by atoms with Crippen LogP contribution in [0.3, 0.4) is 0 Å². The predicted molar refractivity (Wildman–Crippen MR) is 129 cm³/mol. The molecule has 1 atom stereocenters. The lowest BCUT2D eigenvalue weighted by molar-refractivity contribution is 0.0979. The van der Waals surface area contributed by atoms with Crippen molar-refractivity contribution < 1.29 is 14.6 Å². The lowest BCUT2D eigenvalue weighted by atomic mass is 10.2. The van der Waals surface area contributed by atoms with Gasteiger partial charge in [-0.3, -0.25) is 0 Å². The van der Waals surface area contributed by atoms with Crippen LogP contribution in [-0.4, -0.2) is 83.7 Å². The normalized spacial score (nSPS) is 19.3. The molecule has 5 rings (SSSR count). The predicted octanol–water partition coefficient (Wildman–Crippen LogP) is 2.48. The number of anilines is 3. The first-order valence-electron chi connectivity index (χ1n) is 11.7. The third-order valence-corrected chi connectivity index (χ3v) is 6.34. The second kappa shape index (κ2) is 9.94. The molecule has 33 heavy (non-hydrogen) atoms. The lowest BCUT2D eigenvalue weighted by Crippen LogP contribution is -2.44.